The maximum atomic E-state index is 14.7. The fourth-order valence-corrected chi connectivity index (χ4v) is 5.64. The summed E-state index contributed by atoms with van der Waals surface area (Å²) in [6, 6.07) is 10.5. The third kappa shape index (κ3) is 4.25. The van der Waals surface area contributed by atoms with Crippen molar-refractivity contribution in [2.24, 2.45) is 0 Å². The van der Waals surface area contributed by atoms with Crippen LogP contribution in [0.15, 0.2) is 69.3 Å². The van der Waals surface area contributed by atoms with E-state index in [1.54, 1.807) is 6.92 Å². The number of halogens is 2. The Labute approximate surface area is 214 Å². The number of hydrogen-bond acceptors (Lipinski definition) is 7. The molecular weight excluding hydrogens is 500 g/mol. The average molecular weight is 524 g/mol. The molecule has 1 aliphatic rings. The minimum atomic E-state index is -0.769. The standard InChI is InChI=1S/C26H23F2N5O3S/c1-14-22-24(34)33(20-11-12-21(36-3)31-30-20)26(35)32(13-17-18(27)5-4-6-19(17)28)25(22)37-23(14)15-7-9-16(29-2)10-8-15/h5,7-12,29H,4,6,13H2,1-3H3. The Morgan fingerprint density at radius 3 is 2.49 bits per heavy atom. The normalized spacial score (nSPS) is 13.7. The van der Waals surface area contributed by atoms with Gasteiger partial charge in [-0.25, -0.2) is 18.1 Å². The van der Waals surface area contributed by atoms with Crippen molar-refractivity contribution in [3.8, 4) is 22.1 Å². The summed E-state index contributed by atoms with van der Waals surface area (Å²) in [5.41, 5.74) is 0.862. The molecule has 0 saturated carbocycles. The highest BCUT2D eigenvalue weighted by molar-refractivity contribution is 7.22. The third-order valence-corrected chi connectivity index (χ3v) is 7.70. The monoisotopic (exact) mass is 523 g/mol. The van der Waals surface area contributed by atoms with Gasteiger partial charge in [0.05, 0.1) is 19.0 Å². The highest BCUT2D eigenvalue weighted by Gasteiger charge is 2.25. The molecule has 0 aliphatic heterocycles. The van der Waals surface area contributed by atoms with Crippen LogP contribution in [0.25, 0.3) is 26.5 Å². The van der Waals surface area contributed by atoms with Gasteiger partial charge in [-0.3, -0.25) is 9.36 Å². The minimum Gasteiger partial charge on any atom is -0.480 e. The highest BCUT2D eigenvalue weighted by atomic mass is 32.1. The number of anilines is 1. The van der Waals surface area contributed by atoms with Crippen LogP contribution in [0.3, 0.4) is 0 Å². The molecule has 0 saturated heterocycles. The van der Waals surface area contributed by atoms with Gasteiger partial charge in [0.1, 0.15) is 16.5 Å². The topological polar surface area (TPSA) is 91.0 Å². The molecule has 11 heteroatoms. The van der Waals surface area contributed by atoms with Crippen LogP contribution in [0.1, 0.15) is 18.4 Å². The van der Waals surface area contributed by atoms with E-state index in [0.29, 0.717) is 10.4 Å². The van der Waals surface area contributed by atoms with Crippen molar-refractivity contribution in [2.45, 2.75) is 26.3 Å². The van der Waals surface area contributed by atoms with Crippen molar-refractivity contribution in [1.29, 1.82) is 0 Å². The summed E-state index contributed by atoms with van der Waals surface area (Å²) in [7, 11) is 3.23. The lowest BCUT2D eigenvalue weighted by atomic mass is 10.0. The number of aromatic nitrogens is 4. The molecule has 0 fully saturated rings. The lowest BCUT2D eigenvalue weighted by Gasteiger charge is -2.16. The molecule has 0 spiro atoms. The van der Waals surface area contributed by atoms with Crippen molar-refractivity contribution < 1.29 is 13.5 Å². The van der Waals surface area contributed by atoms with Gasteiger partial charge in [-0.05, 0) is 48.7 Å². The Balaban J connectivity index is 1.80. The van der Waals surface area contributed by atoms with Gasteiger partial charge in [0.15, 0.2) is 5.82 Å². The zero-order valence-corrected chi connectivity index (χ0v) is 21.2. The average Bonchev–Trinajstić information content (AvgIpc) is 3.25. The van der Waals surface area contributed by atoms with Crippen LogP contribution in [0.2, 0.25) is 0 Å². The van der Waals surface area contributed by atoms with Crippen molar-refractivity contribution in [3.63, 3.8) is 0 Å². The SMILES string of the molecule is CNc1ccc(-c2sc3c(c2C)c(=O)n(-c2ccc(OC)nn2)c(=O)n3CC2=C(F)CCC=C2F)cc1. The Bertz CT molecular complexity index is 1680. The molecule has 8 nitrogen and oxygen atoms in total. The second-order valence-electron chi connectivity index (χ2n) is 8.48. The van der Waals surface area contributed by atoms with E-state index in [4.69, 9.17) is 4.74 Å². The third-order valence-electron chi connectivity index (χ3n) is 6.33. The first-order chi connectivity index (χ1) is 17.8. The molecule has 0 unspecified atom stereocenters. The minimum absolute atomic E-state index is 0.0221. The zero-order chi connectivity index (χ0) is 26.3. The van der Waals surface area contributed by atoms with E-state index in [1.807, 2.05) is 31.3 Å². The summed E-state index contributed by atoms with van der Waals surface area (Å²) in [4.78, 5) is 28.5. The Kier molecular flexibility index (Phi) is 6.46. The summed E-state index contributed by atoms with van der Waals surface area (Å²) in [6.45, 7) is 1.42. The van der Waals surface area contributed by atoms with Crippen molar-refractivity contribution >= 4 is 27.2 Å². The molecule has 0 bridgehead atoms. The number of fused-ring (bicyclic) bond motifs is 1. The first kappa shape index (κ1) is 24.6. The number of nitrogens with one attached hydrogen (secondary N) is 1. The number of nitrogens with zero attached hydrogens (tertiary/aromatic N) is 4. The van der Waals surface area contributed by atoms with Crippen LogP contribution in [0, 0.1) is 6.92 Å². The quantitative estimate of drug-likeness (QED) is 0.387. The smallest absolute Gasteiger partial charge is 0.338 e. The molecule has 190 valence electrons. The number of hydrogen-bond donors (Lipinski definition) is 1. The summed E-state index contributed by atoms with van der Waals surface area (Å²) in [5, 5.41) is 11.2. The van der Waals surface area contributed by atoms with Gasteiger partial charge in [-0.15, -0.1) is 21.5 Å². The first-order valence-corrected chi connectivity index (χ1v) is 12.3. The Hall–Kier alpha value is -4.12. The van der Waals surface area contributed by atoms with Gasteiger partial charge in [0.25, 0.3) is 5.56 Å². The number of rotatable bonds is 6. The van der Waals surface area contributed by atoms with E-state index < -0.39 is 22.9 Å². The van der Waals surface area contributed by atoms with Crippen molar-refractivity contribution in [2.75, 3.05) is 19.5 Å². The van der Waals surface area contributed by atoms with Crippen LogP contribution in [-0.4, -0.2) is 33.5 Å². The maximum Gasteiger partial charge on any atom is 0.338 e. The van der Waals surface area contributed by atoms with Gasteiger partial charge in [-0.1, -0.05) is 12.1 Å². The van der Waals surface area contributed by atoms with Gasteiger partial charge in [-0.2, -0.15) is 0 Å². The zero-order valence-electron chi connectivity index (χ0n) is 20.3. The molecule has 4 aromatic rings. The molecule has 5 rings (SSSR count). The Morgan fingerprint density at radius 2 is 1.86 bits per heavy atom. The van der Waals surface area contributed by atoms with Crippen LogP contribution in [-0.2, 0) is 6.54 Å². The van der Waals surface area contributed by atoms with Gasteiger partial charge >= 0.3 is 5.69 Å². The molecule has 1 aliphatic carbocycles. The molecular formula is C26H23F2N5O3S. The van der Waals surface area contributed by atoms with Gasteiger partial charge < -0.3 is 10.1 Å². The second kappa shape index (κ2) is 9.74. The van der Waals surface area contributed by atoms with E-state index in [9.17, 15) is 18.4 Å². The van der Waals surface area contributed by atoms with E-state index in [2.05, 4.69) is 15.5 Å². The Morgan fingerprint density at radius 1 is 1.11 bits per heavy atom. The molecule has 0 radical (unpaired) electrons. The molecule has 0 amide bonds. The van der Waals surface area contributed by atoms with Gasteiger partial charge in [0, 0.05) is 35.7 Å². The number of ether oxygens (including phenoxy) is 1. The molecule has 1 N–H and O–H groups in total. The predicted octanol–water partition coefficient (Wildman–Crippen LogP) is 4.90. The molecule has 0 atom stereocenters. The van der Waals surface area contributed by atoms with Crippen LogP contribution in [0.4, 0.5) is 14.5 Å². The predicted molar refractivity (Wildman–Crippen MR) is 140 cm³/mol. The van der Waals surface area contributed by atoms with Crippen LogP contribution < -0.4 is 21.3 Å². The summed E-state index contributed by atoms with van der Waals surface area (Å²) >= 11 is 1.23. The fourth-order valence-electron chi connectivity index (χ4n) is 4.34. The van der Waals surface area contributed by atoms with E-state index in [0.717, 1.165) is 20.7 Å². The maximum absolute atomic E-state index is 14.7. The number of thiophene rings is 1. The first-order valence-electron chi connectivity index (χ1n) is 11.5. The highest BCUT2D eigenvalue weighted by Crippen LogP contribution is 2.38. The number of allylic oxidation sites excluding steroid dienone is 4. The lowest BCUT2D eigenvalue weighted by molar-refractivity contribution is 0.391. The molecule has 1 aromatic carbocycles. The summed E-state index contributed by atoms with van der Waals surface area (Å²) in [5.74, 6) is -1.13. The van der Waals surface area contributed by atoms with Crippen LogP contribution >= 0.6 is 11.3 Å². The molecule has 3 aromatic heterocycles. The number of aryl methyl sites for hydroxylation is 1. The van der Waals surface area contributed by atoms with Crippen molar-refractivity contribution in [1.82, 2.24) is 19.3 Å². The van der Waals surface area contributed by atoms with Gasteiger partial charge in [0.2, 0.25) is 5.88 Å². The second-order valence-corrected chi connectivity index (χ2v) is 9.48. The fraction of sp³-hybridized carbons (Fsp3) is 0.231. The van der Waals surface area contributed by atoms with Crippen molar-refractivity contribution in [3.05, 3.63) is 86.1 Å². The molecule has 37 heavy (non-hydrogen) atoms. The van der Waals surface area contributed by atoms with Crippen LogP contribution in [0.5, 0.6) is 5.88 Å². The number of methoxy groups -OCH3 is 1. The van der Waals surface area contributed by atoms with E-state index in [-0.39, 0.29) is 42.0 Å². The summed E-state index contributed by atoms with van der Waals surface area (Å²) < 4.78 is 36.5. The summed E-state index contributed by atoms with van der Waals surface area (Å²) in [6.07, 6.45) is 1.61. The largest absolute Gasteiger partial charge is 0.480 e. The van der Waals surface area contributed by atoms with E-state index >= 15 is 0 Å². The molecule has 3 heterocycles. The number of benzene rings is 1. The van der Waals surface area contributed by atoms with E-state index in [1.165, 1.54) is 41.2 Å². The lowest BCUT2D eigenvalue weighted by Crippen LogP contribution is -2.39.